The summed E-state index contributed by atoms with van der Waals surface area (Å²) in [6.45, 7) is 7.33. The monoisotopic (exact) mass is 163 g/mol. The summed E-state index contributed by atoms with van der Waals surface area (Å²) in [5.41, 5.74) is 1.10. The third-order valence-corrected chi connectivity index (χ3v) is 2.01. The first-order valence-corrected chi connectivity index (χ1v) is 4.10. The molecule has 0 aromatic carbocycles. The molecule has 0 fully saturated rings. The maximum atomic E-state index is 4.00. The second-order valence-electron chi connectivity index (χ2n) is 1.90. The number of rotatable bonds is 3. The van der Waals surface area contributed by atoms with Gasteiger partial charge in [0.1, 0.15) is 0 Å². The summed E-state index contributed by atoms with van der Waals surface area (Å²) in [6, 6.07) is 1.93. The molecule has 1 rings (SSSR count). The number of aromatic nitrogens is 1. The van der Waals surface area contributed by atoms with Crippen LogP contribution in [0.15, 0.2) is 41.9 Å². The summed E-state index contributed by atoms with van der Waals surface area (Å²) >= 11 is 1.56. The summed E-state index contributed by atoms with van der Waals surface area (Å²) < 4.78 is 0. The maximum Gasteiger partial charge on any atom is 0.0413 e. The third kappa shape index (κ3) is 1.95. The second-order valence-corrected chi connectivity index (χ2v) is 2.91. The van der Waals surface area contributed by atoms with Crippen molar-refractivity contribution in [3.05, 3.63) is 42.6 Å². The first-order valence-electron chi connectivity index (χ1n) is 3.22. The van der Waals surface area contributed by atoms with Crippen LogP contribution in [-0.2, 0) is 0 Å². The molecule has 1 nitrogen and oxygen atoms in total. The van der Waals surface area contributed by atoms with Crippen molar-refractivity contribution in [2.45, 2.75) is 4.90 Å². The van der Waals surface area contributed by atoms with Crippen LogP contribution in [-0.4, -0.2) is 4.98 Å². The van der Waals surface area contributed by atoms with Gasteiger partial charge in [-0.3, -0.25) is 4.98 Å². The van der Waals surface area contributed by atoms with Gasteiger partial charge < -0.3 is 0 Å². The van der Waals surface area contributed by atoms with Crippen molar-refractivity contribution in [2.75, 3.05) is 0 Å². The lowest BCUT2D eigenvalue weighted by atomic mass is 10.3. The summed E-state index contributed by atoms with van der Waals surface area (Å²) in [5, 5.41) is 1.78. The molecule has 0 radical (unpaired) electrons. The lowest BCUT2D eigenvalue weighted by molar-refractivity contribution is 1.23. The molecular weight excluding hydrogens is 154 g/mol. The Morgan fingerprint density at radius 1 is 1.45 bits per heavy atom. The van der Waals surface area contributed by atoms with Gasteiger partial charge >= 0.3 is 0 Å². The van der Waals surface area contributed by atoms with Crippen LogP contribution in [0.5, 0.6) is 0 Å². The van der Waals surface area contributed by atoms with Gasteiger partial charge in [0.25, 0.3) is 0 Å². The predicted molar refractivity (Wildman–Crippen MR) is 50.4 cm³/mol. The van der Waals surface area contributed by atoms with Gasteiger partial charge in [-0.2, -0.15) is 0 Å². The molecule has 0 amide bonds. The van der Waals surface area contributed by atoms with Gasteiger partial charge in [0.15, 0.2) is 0 Å². The van der Waals surface area contributed by atoms with Crippen molar-refractivity contribution in [1.29, 1.82) is 0 Å². The molecule has 0 aliphatic heterocycles. The fraction of sp³-hybridized carbons (Fsp3) is 0. The highest BCUT2D eigenvalue weighted by Crippen LogP contribution is 2.22. The van der Waals surface area contributed by atoms with Crippen molar-refractivity contribution < 1.29 is 0 Å². The van der Waals surface area contributed by atoms with E-state index in [0.717, 1.165) is 10.5 Å². The first kappa shape index (κ1) is 8.08. The number of hydrogen-bond donors (Lipinski definition) is 0. The smallest absolute Gasteiger partial charge is 0.0413 e. The molecule has 56 valence electrons. The predicted octanol–water partition coefficient (Wildman–Crippen LogP) is 2.96. The van der Waals surface area contributed by atoms with E-state index in [2.05, 4.69) is 18.1 Å². The van der Waals surface area contributed by atoms with E-state index in [1.807, 2.05) is 18.3 Å². The molecule has 0 atom stereocenters. The highest BCUT2D eigenvalue weighted by molar-refractivity contribution is 8.02. The molecule has 1 aromatic rings. The van der Waals surface area contributed by atoms with E-state index in [1.165, 1.54) is 0 Å². The summed E-state index contributed by atoms with van der Waals surface area (Å²) in [6.07, 6.45) is 5.38. The number of pyridine rings is 1. The van der Waals surface area contributed by atoms with E-state index in [1.54, 1.807) is 23.4 Å². The number of thioether (sulfide) groups is 1. The fourth-order valence-corrected chi connectivity index (χ4v) is 1.34. The van der Waals surface area contributed by atoms with Crippen molar-refractivity contribution in [3.63, 3.8) is 0 Å². The van der Waals surface area contributed by atoms with Crippen molar-refractivity contribution in [3.8, 4) is 0 Å². The van der Waals surface area contributed by atoms with Crippen LogP contribution in [0.25, 0.3) is 6.08 Å². The van der Waals surface area contributed by atoms with Crippen LogP contribution in [0, 0.1) is 0 Å². The maximum absolute atomic E-state index is 4.00. The minimum absolute atomic E-state index is 1.09. The summed E-state index contributed by atoms with van der Waals surface area (Å²) in [7, 11) is 0. The highest BCUT2D eigenvalue weighted by atomic mass is 32.2. The molecule has 2 heteroatoms. The zero-order valence-electron chi connectivity index (χ0n) is 6.16. The lowest BCUT2D eigenvalue weighted by Crippen LogP contribution is -1.78. The van der Waals surface area contributed by atoms with E-state index >= 15 is 0 Å². The quantitative estimate of drug-likeness (QED) is 0.635. The molecule has 1 aromatic heterocycles. The Hall–Kier alpha value is -1.02. The van der Waals surface area contributed by atoms with Gasteiger partial charge in [0, 0.05) is 17.3 Å². The lowest BCUT2D eigenvalue weighted by Gasteiger charge is -1.98. The number of nitrogens with zero attached hydrogens (tertiary/aromatic N) is 1. The van der Waals surface area contributed by atoms with Gasteiger partial charge in [-0.05, 0) is 17.0 Å². The zero-order valence-corrected chi connectivity index (χ0v) is 6.97. The van der Waals surface area contributed by atoms with Crippen molar-refractivity contribution >= 4 is 17.8 Å². The molecule has 0 N–H and O–H groups in total. The molecule has 0 unspecified atom stereocenters. The van der Waals surface area contributed by atoms with Crippen LogP contribution in [0.2, 0.25) is 0 Å². The molecule has 0 bridgehead atoms. The number of hydrogen-bond acceptors (Lipinski definition) is 2. The van der Waals surface area contributed by atoms with E-state index < -0.39 is 0 Å². The normalized spacial score (nSPS) is 9.09. The van der Waals surface area contributed by atoms with Gasteiger partial charge in [-0.1, -0.05) is 31.0 Å². The molecule has 1 heterocycles. The summed E-state index contributed by atoms with van der Waals surface area (Å²) in [4.78, 5) is 5.09. The van der Waals surface area contributed by atoms with Crippen molar-refractivity contribution in [2.24, 2.45) is 0 Å². The van der Waals surface area contributed by atoms with Gasteiger partial charge in [0.2, 0.25) is 0 Å². The van der Waals surface area contributed by atoms with Crippen LogP contribution in [0.4, 0.5) is 0 Å². The molecule has 11 heavy (non-hydrogen) atoms. The van der Waals surface area contributed by atoms with E-state index in [-0.39, 0.29) is 0 Å². The van der Waals surface area contributed by atoms with Gasteiger partial charge in [-0.15, -0.1) is 0 Å². The van der Waals surface area contributed by atoms with E-state index in [4.69, 9.17) is 0 Å². The van der Waals surface area contributed by atoms with Gasteiger partial charge in [0.05, 0.1) is 0 Å². The first-order chi connectivity index (χ1) is 5.38. The largest absolute Gasteiger partial charge is 0.264 e. The average Bonchev–Trinajstić information content (AvgIpc) is 2.06. The zero-order chi connectivity index (χ0) is 8.10. The Morgan fingerprint density at radius 3 is 2.91 bits per heavy atom. The fourth-order valence-electron chi connectivity index (χ4n) is 0.748. The summed E-state index contributed by atoms with van der Waals surface area (Å²) in [5.74, 6) is 0. The molecule has 0 saturated carbocycles. The SMILES string of the molecule is C=CSc1cnccc1C=C. The van der Waals surface area contributed by atoms with Crippen LogP contribution in [0.1, 0.15) is 5.56 Å². The molecule has 0 saturated heterocycles. The van der Waals surface area contributed by atoms with E-state index in [9.17, 15) is 0 Å². The minimum Gasteiger partial charge on any atom is -0.264 e. The Kier molecular flexibility index (Phi) is 2.93. The van der Waals surface area contributed by atoms with Gasteiger partial charge in [-0.25, -0.2) is 0 Å². The minimum atomic E-state index is 1.09. The molecule has 0 spiro atoms. The molecule has 0 aliphatic rings. The highest BCUT2D eigenvalue weighted by Gasteiger charge is 1.95. The standard InChI is InChI=1S/C9H9NS/c1-3-8-5-6-10-7-9(8)11-4-2/h3-7H,1-2H2. The Balaban J connectivity index is 3.01. The van der Waals surface area contributed by atoms with Crippen LogP contribution < -0.4 is 0 Å². The Labute approximate surface area is 70.9 Å². The molecular formula is C9H9NS. The Bertz CT molecular complexity index is 268. The molecule has 0 aliphatic carbocycles. The van der Waals surface area contributed by atoms with Crippen molar-refractivity contribution in [1.82, 2.24) is 4.98 Å². The topological polar surface area (TPSA) is 12.9 Å². The third-order valence-electron chi connectivity index (χ3n) is 1.25. The Morgan fingerprint density at radius 2 is 2.27 bits per heavy atom. The van der Waals surface area contributed by atoms with Crippen LogP contribution >= 0.6 is 11.8 Å². The average molecular weight is 163 g/mol. The van der Waals surface area contributed by atoms with Crippen LogP contribution in [0.3, 0.4) is 0 Å². The van der Waals surface area contributed by atoms with E-state index in [0.29, 0.717) is 0 Å². The second kappa shape index (κ2) is 3.98.